The van der Waals surface area contributed by atoms with Gasteiger partial charge in [-0.3, -0.25) is 4.79 Å². The molecule has 5 rings (SSSR count). The topological polar surface area (TPSA) is 23.6 Å². The lowest BCUT2D eigenvalue weighted by Crippen LogP contribution is -2.47. The second-order valence-electron chi connectivity index (χ2n) is 8.02. The Morgan fingerprint density at radius 3 is 2.67 bits per heavy atom. The molecule has 2 aliphatic rings. The molecular weight excluding hydrogens is 332 g/mol. The summed E-state index contributed by atoms with van der Waals surface area (Å²) in [4.78, 5) is 18.1. The van der Waals surface area contributed by atoms with E-state index in [-0.39, 0.29) is 11.9 Å². The van der Waals surface area contributed by atoms with Crippen LogP contribution in [0, 0.1) is 6.92 Å². The number of benzene rings is 3. The van der Waals surface area contributed by atoms with Crippen LogP contribution in [0.2, 0.25) is 0 Å². The van der Waals surface area contributed by atoms with E-state index in [1.165, 1.54) is 16.5 Å². The van der Waals surface area contributed by atoms with Crippen LogP contribution in [0.15, 0.2) is 60.7 Å². The second-order valence-corrected chi connectivity index (χ2v) is 8.02. The third-order valence-electron chi connectivity index (χ3n) is 6.17. The first kappa shape index (κ1) is 16.5. The Morgan fingerprint density at radius 1 is 1.00 bits per heavy atom. The van der Waals surface area contributed by atoms with Crippen LogP contribution in [-0.4, -0.2) is 37.0 Å². The molecule has 0 radical (unpaired) electrons. The molecule has 3 heteroatoms. The number of fused-ring (bicyclic) bond motifs is 4. The van der Waals surface area contributed by atoms with Gasteiger partial charge in [-0.05, 0) is 61.5 Å². The van der Waals surface area contributed by atoms with Crippen LogP contribution < -0.4 is 4.90 Å². The lowest BCUT2D eigenvalue weighted by Gasteiger charge is -2.36. The molecule has 1 fully saturated rings. The molecule has 27 heavy (non-hydrogen) atoms. The fraction of sp³-hybridized carbons (Fsp3) is 0.292. The maximum atomic E-state index is 13.6. The third-order valence-corrected chi connectivity index (χ3v) is 6.17. The molecule has 3 aromatic carbocycles. The molecule has 2 atom stereocenters. The van der Waals surface area contributed by atoms with Crippen molar-refractivity contribution in [3.8, 4) is 0 Å². The van der Waals surface area contributed by atoms with Gasteiger partial charge in [-0.25, -0.2) is 0 Å². The first-order valence-electron chi connectivity index (χ1n) is 9.73. The Hall–Kier alpha value is -2.65. The molecule has 0 aliphatic carbocycles. The summed E-state index contributed by atoms with van der Waals surface area (Å²) < 4.78 is 0. The van der Waals surface area contributed by atoms with Crippen molar-refractivity contribution < 1.29 is 4.79 Å². The van der Waals surface area contributed by atoms with Crippen molar-refractivity contribution in [1.82, 2.24) is 4.90 Å². The number of hydrogen-bond acceptors (Lipinski definition) is 2. The van der Waals surface area contributed by atoms with E-state index in [0.29, 0.717) is 5.92 Å². The number of likely N-dealkylation sites (tertiary alicyclic amines) is 1. The summed E-state index contributed by atoms with van der Waals surface area (Å²) in [6.45, 7) is 4.19. The first-order valence-corrected chi connectivity index (χ1v) is 9.73. The molecule has 3 nitrogen and oxygen atoms in total. The smallest absolute Gasteiger partial charge is 0.258 e. The van der Waals surface area contributed by atoms with Crippen LogP contribution in [0.4, 0.5) is 5.69 Å². The Balaban J connectivity index is 1.59. The number of piperidine rings is 1. The summed E-state index contributed by atoms with van der Waals surface area (Å²) in [5, 5.41) is 2.29. The summed E-state index contributed by atoms with van der Waals surface area (Å²) in [6, 6.07) is 21.1. The predicted octanol–water partition coefficient (Wildman–Crippen LogP) is 4.60. The molecule has 2 heterocycles. The van der Waals surface area contributed by atoms with Crippen LogP contribution in [-0.2, 0) is 0 Å². The molecule has 0 bridgehead atoms. The van der Waals surface area contributed by atoms with Gasteiger partial charge in [0.05, 0.1) is 0 Å². The minimum absolute atomic E-state index is 0.128. The highest BCUT2D eigenvalue weighted by Gasteiger charge is 2.44. The summed E-state index contributed by atoms with van der Waals surface area (Å²) in [5.41, 5.74) is 4.48. The fourth-order valence-corrected chi connectivity index (χ4v) is 4.81. The quantitative estimate of drug-likeness (QED) is 0.636. The number of carbonyl (C=O) groups is 1. The van der Waals surface area contributed by atoms with E-state index in [9.17, 15) is 4.79 Å². The van der Waals surface area contributed by atoms with E-state index in [1.54, 1.807) is 0 Å². The van der Waals surface area contributed by atoms with Gasteiger partial charge in [-0.15, -0.1) is 0 Å². The van der Waals surface area contributed by atoms with Crippen molar-refractivity contribution in [2.75, 3.05) is 25.0 Å². The number of anilines is 1. The van der Waals surface area contributed by atoms with Gasteiger partial charge in [0.25, 0.3) is 5.91 Å². The molecule has 0 spiro atoms. The van der Waals surface area contributed by atoms with Crippen molar-refractivity contribution in [1.29, 1.82) is 0 Å². The van der Waals surface area contributed by atoms with Crippen LogP contribution in [0.5, 0.6) is 0 Å². The van der Waals surface area contributed by atoms with Gasteiger partial charge in [-0.2, -0.15) is 0 Å². The van der Waals surface area contributed by atoms with Gasteiger partial charge in [-0.1, -0.05) is 48.0 Å². The normalized spacial score (nSPS) is 21.9. The molecule has 0 unspecified atom stereocenters. The molecule has 0 aromatic heterocycles. The predicted molar refractivity (Wildman–Crippen MR) is 111 cm³/mol. The SMILES string of the molecule is Cc1ccc2c(c1)[C@@H]1CN(C)CC[C@H]1N2C(=O)c1ccc2ccccc2c1. The maximum Gasteiger partial charge on any atom is 0.258 e. The maximum absolute atomic E-state index is 13.6. The van der Waals surface area contributed by atoms with Crippen LogP contribution in [0.25, 0.3) is 10.8 Å². The van der Waals surface area contributed by atoms with Gasteiger partial charge < -0.3 is 9.80 Å². The van der Waals surface area contributed by atoms with Gasteiger partial charge >= 0.3 is 0 Å². The van der Waals surface area contributed by atoms with E-state index in [1.807, 2.05) is 24.3 Å². The van der Waals surface area contributed by atoms with Crippen molar-refractivity contribution in [2.45, 2.75) is 25.3 Å². The Labute approximate surface area is 160 Å². The van der Waals surface area contributed by atoms with Gasteiger partial charge in [0.2, 0.25) is 0 Å². The summed E-state index contributed by atoms with van der Waals surface area (Å²) in [7, 11) is 2.18. The standard InChI is InChI=1S/C24H24N2O/c1-16-7-10-22-20(13-16)21-15-25(2)12-11-23(21)26(22)24(27)19-9-8-17-5-3-4-6-18(17)14-19/h3-10,13-14,21,23H,11-12,15H2,1-2H3/t21-,23+/m0/s1. The molecule has 1 amide bonds. The zero-order valence-electron chi connectivity index (χ0n) is 15.9. The third kappa shape index (κ3) is 2.65. The number of aryl methyl sites for hydroxylation is 1. The molecule has 136 valence electrons. The van der Waals surface area contributed by atoms with Crippen molar-refractivity contribution in [3.05, 3.63) is 77.4 Å². The number of nitrogens with zero attached hydrogens (tertiary/aromatic N) is 2. The lowest BCUT2D eigenvalue weighted by atomic mass is 9.88. The number of likely N-dealkylation sites (N-methyl/N-ethyl adjacent to an activating group) is 1. The highest BCUT2D eigenvalue weighted by molar-refractivity contribution is 6.09. The van der Waals surface area contributed by atoms with E-state index >= 15 is 0 Å². The highest BCUT2D eigenvalue weighted by atomic mass is 16.2. The summed E-state index contributed by atoms with van der Waals surface area (Å²) >= 11 is 0. The van der Waals surface area contributed by atoms with E-state index < -0.39 is 0 Å². The Morgan fingerprint density at radius 2 is 1.81 bits per heavy atom. The van der Waals surface area contributed by atoms with Crippen LogP contribution in [0.3, 0.4) is 0 Å². The molecule has 0 N–H and O–H groups in total. The monoisotopic (exact) mass is 356 g/mol. The summed E-state index contributed by atoms with van der Waals surface area (Å²) in [6.07, 6.45) is 1.02. The van der Waals surface area contributed by atoms with Crippen molar-refractivity contribution >= 4 is 22.4 Å². The Bertz CT molecular complexity index is 1040. The van der Waals surface area contributed by atoms with Gasteiger partial charge in [0.15, 0.2) is 0 Å². The van der Waals surface area contributed by atoms with E-state index in [4.69, 9.17) is 0 Å². The molecule has 1 saturated heterocycles. The highest BCUT2D eigenvalue weighted by Crippen LogP contribution is 2.45. The first-order chi connectivity index (χ1) is 13.1. The molecular formula is C24H24N2O. The number of hydrogen-bond donors (Lipinski definition) is 0. The largest absolute Gasteiger partial charge is 0.306 e. The van der Waals surface area contributed by atoms with Crippen molar-refractivity contribution in [3.63, 3.8) is 0 Å². The zero-order valence-corrected chi connectivity index (χ0v) is 15.9. The minimum Gasteiger partial charge on any atom is -0.306 e. The second kappa shape index (κ2) is 6.21. The number of carbonyl (C=O) groups excluding carboxylic acids is 1. The average Bonchev–Trinajstić information content (AvgIpc) is 3.00. The van der Waals surface area contributed by atoms with E-state index in [2.05, 4.69) is 60.2 Å². The van der Waals surface area contributed by atoms with Crippen LogP contribution in [0.1, 0.15) is 33.8 Å². The van der Waals surface area contributed by atoms with Gasteiger partial charge in [0.1, 0.15) is 0 Å². The van der Waals surface area contributed by atoms with Gasteiger partial charge in [0, 0.05) is 29.8 Å². The molecule has 2 aliphatic heterocycles. The number of amides is 1. The van der Waals surface area contributed by atoms with E-state index in [0.717, 1.165) is 36.1 Å². The lowest BCUT2D eigenvalue weighted by molar-refractivity contribution is 0.0965. The van der Waals surface area contributed by atoms with Crippen LogP contribution >= 0.6 is 0 Å². The number of rotatable bonds is 1. The fourth-order valence-electron chi connectivity index (χ4n) is 4.81. The average molecular weight is 356 g/mol. The molecule has 3 aromatic rings. The Kier molecular flexibility index (Phi) is 3.80. The zero-order chi connectivity index (χ0) is 18.5. The summed E-state index contributed by atoms with van der Waals surface area (Å²) in [5.74, 6) is 0.533. The minimum atomic E-state index is 0.128. The van der Waals surface area contributed by atoms with Crippen molar-refractivity contribution in [2.24, 2.45) is 0 Å². The molecule has 0 saturated carbocycles.